The molecule has 0 aromatic heterocycles. The zero-order valence-corrected chi connectivity index (χ0v) is 13.3. The molecule has 23 heavy (non-hydrogen) atoms. The number of benzene rings is 2. The van der Waals surface area contributed by atoms with Crippen molar-refractivity contribution in [3.8, 4) is 0 Å². The minimum Gasteiger partial charge on any atom is -0.456 e. The molecule has 1 heterocycles. The van der Waals surface area contributed by atoms with Crippen LogP contribution in [0, 0.1) is 0 Å². The fraction of sp³-hybridized carbons (Fsp3) is 0.350. The van der Waals surface area contributed by atoms with Gasteiger partial charge in [-0.1, -0.05) is 54.6 Å². The second kappa shape index (κ2) is 5.82. The molecule has 3 nitrogen and oxygen atoms in total. The summed E-state index contributed by atoms with van der Waals surface area (Å²) in [6, 6.07) is 19.2. The Morgan fingerprint density at radius 3 is 2.52 bits per heavy atom. The third kappa shape index (κ3) is 2.66. The number of hydrogen-bond donors (Lipinski definition) is 0. The Hall–Kier alpha value is -2.13. The quantitative estimate of drug-likeness (QED) is 0.811. The number of hydrogen-bond acceptors (Lipinski definition) is 3. The van der Waals surface area contributed by atoms with Gasteiger partial charge in [0.25, 0.3) is 0 Å². The topological polar surface area (TPSA) is 29.5 Å². The van der Waals surface area contributed by atoms with Gasteiger partial charge in [0.05, 0.1) is 6.04 Å². The number of nitrogens with zero attached hydrogens (tertiary/aromatic N) is 1. The number of ether oxygens (including phenoxy) is 1. The Kier molecular flexibility index (Phi) is 3.66. The summed E-state index contributed by atoms with van der Waals surface area (Å²) in [7, 11) is 0. The minimum absolute atomic E-state index is 0.147. The van der Waals surface area contributed by atoms with E-state index < -0.39 is 0 Å². The molecule has 1 aliphatic heterocycles. The lowest BCUT2D eigenvalue weighted by Crippen LogP contribution is -2.36. The summed E-state index contributed by atoms with van der Waals surface area (Å²) in [6.07, 6.45) is 0.924. The lowest BCUT2D eigenvalue weighted by atomic mass is 9.82. The van der Waals surface area contributed by atoms with Crippen molar-refractivity contribution < 1.29 is 9.53 Å². The molecule has 2 aromatic rings. The SMILES string of the molecule is CC(=O)OC1c2ccccc2[C@@H]2C[C@H]1N(Cc1ccccc1)C2. The van der Waals surface area contributed by atoms with E-state index in [9.17, 15) is 4.79 Å². The first-order valence-corrected chi connectivity index (χ1v) is 8.26. The van der Waals surface area contributed by atoms with Gasteiger partial charge in [0.1, 0.15) is 6.10 Å². The third-order valence-electron chi connectivity index (χ3n) is 5.06. The number of rotatable bonds is 3. The van der Waals surface area contributed by atoms with Crippen LogP contribution >= 0.6 is 0 Å². The first kappa shape index (κ1) is 14.5. The molecular formula is C20H21NO2. The van der Waals surface area contributed by atoms with E-state index in [1.54, 1.807) is 0 Å². The average molecular weight is 307 g/mol. The summed E-state index contributed by atoms with van der Waals surface area (Å²) in [5.74, 6) is 0.349. The first-order chi connectivity index (χ1) is 11.2. The third-order valence-corrected chi connectivity index (χ3v) is 5.06. The van der Waals surface area contributed by atoms with Gasteiger partial charge in [0.2, 0.25) is 0 Å². The smallest absolute Gasteiger partial charge is 0.303 e. The summed E-state index contributed by atoms with van der Waals surface area (Å²) in [5, 5.41) is 0. The highest BCUT2D eigenvalue weighted by atomic mass is 16.5. The summed E-state index contributed by atoms with van der Waals surface area (Å²) in [4.78, 5) is 14.1. The summed E-state index contributed by atoms with van der Waals surface area (Å²) in [6.45, 7) is 3.45. The van der Waals surface area contributed by atoms with Gasteiger partial charge < -0.3 is 4.74 Å². The molecule has 3 heteroatoms. The normalized spacial score (nSPS) is 25.9. The molecule has 0 amide bonds. The molecule has 3 atom stereocenters. The maximum atomic E-state index is 11.6. The molecule has 4 rings (SSSR count). The molecule has 1 fully saturated rings. The van der Waals surface area contributed by atoms with Gasteiger partial charge >= 0.3 is 5.97 Å². The number of carbonyl (C=O) groups is 1. The van der Waals surface area contributed by atoms with Crippen LogP contribution in [0.1, 0.15) is 42.1 Å². The van der Waals surface area contributed by atoms with Crippen molar-refractivity contribution in [2.75, 3.05) is 6.54 Å². The molecule has 0 radical (unpaired) electrons. The lowest BCUT2D eigenvalue weighted by molar-refractivity contribution is -0.150. The average Bonchev–Trinajstić information content (AvgIpc) is 2.92. The Balaban J connectivity index is 1.66. The highest BCUT2D eigenvalue weighted by molar-refractivity contribution is 5.66. The Morgan fingerprint density at radius 1 is 1.09 bits per heavy atom. The van der Waals surface area contributed by atoms with Gasteiger partial charge in [-0.25, -0.2) is 0 Å². The molecule has 0 N–H and O–H groups in total. The van der Waals surface area contributed by atoms with Crippen molar-refractivity contribution in [3.63, 3.8) is 0 Å². The molecule has 0 saturated carbocycles. The number of esters is 1. The fourth-order valence-electron chi connectivity index (χ4n) is 4.14. The lowest BCUT2D eigenvalue weighted by Gasteiger charge is -2.33. The highest BCUT2D eigenvalue weighted by Gasteiger charge is 2.45. The van der Waals surface area contributed by atoms with Gasteiger partial charge in [-0.05, 0) is 29.0 Å². The van der Waals surface area contributed by atoms with Crippen LogP contribution in [0.4, 0.5) is 0 Å². The summed E-state index contributed by atoms with van der Waals surface area (Å²) >= 11 is 0. The van der Waals surface area contributed by atoms with Gasteiger partial charge in [-0.3, -0.25) is 9.69 Å². The van der Waals surface area contributed by atoms with E-state index in [0.29, 0.717) is 5.92 Å². The van der Waals surface area contributed by atoms with E-state index in [1.807, 2.05) is 12.1 Å². The zero-order valence-electron chi connectivity index (χ0n) is 13.3. The Labute approximate surface area is 136 Å². The van der Waals surface area contributed by atoms with Crippen LogP contribution in [-0.4, -0.2) is 23.5 Å². The standard InChI is InChI=1S/C20H21NO2/c1-14(22)23-20-18-10-6-5-9-17(18)16-11-19(20)21(13-16)12-15-7-3-2-4-8-15/h2-10,16,19-20H,11-13H2,1H3/t16-,19-,20?/m1/s1. The molecule has 1 unspecified atom stereocenters. The van der Waals surface area contributed by atoms with E-state index >= 15 is 0 Å². The van der Waals surface area contributed by atoms with E-state index in [0.717, 1.165) is 19.5 Å². The number of likely N-dealkylation sites (tertiary alicyclic amines) is 1. The van der Waals surface area contributed by atoms with Crippen LogP contribution < -0.4 is 0 Å². The van der Waals surface area contributed by atoms with Crippen LogP contribution in [0.2, 0.25) is 0 Å². The predicted molar refractivity (Wildman–Crippen MR) is 88.9 cm³/mol. The molecule has 2 aromatic carbocycles. The number of carbonyl (C=O) groups excluding carboxylic acids is 1. The van der Waals surface area contributed by atoms with Gasteiger partial charge in [-0.2, -0.15) is 0 Å². The van der Waals surface area contributed by atoms with Gasteiger partial charge in [0, 0.05) is 20.0 Å². The Morgan fingerprint density at radius 2 is 1.78 bits per heavy atom. The summed E-state index contributed by atoms with van der Waals surface area (Å²) in [5.41, 5.74) is 3.86. The van der Waals surface area contributed by atoms with Crippen LogP contribution in [0.5, 0.6) is 0 Å². The van der Waals surface area contributed by atoms with Crippen molar-refractivity contribution in [2.24, 2.45) is 0 Å². The van der Waals surface area contributed by atoms with Crippen molar-refractivity contribution in [3.05, 3.63) is 71.3 Å². The monoisotopic (exact) mass is 307 g/mol. The molecule has 2 aliphatic rings. The van der Waals surface area contributed by atoms with E-state index in [4.69, 9.17) is 4.74 Å². The van der Waals surface area contributed by atoms with Gasteiger partial charge in [0.15, 0.2) is 0 Å². The first-order valence-electron chi connectivity index (χ1n) is 8.26. The molecule has 1 saturated heterocycles. The van der Waals surface area contributed by atoms with Crippen LogP contribution in [0.3, 0.4) is 0 Å². The molecule has 0 spiro atoms. The van der Waals surface area contributed by atoms with E-state index in [-0.39, 0.29) is 18.1 Å². The van der Waals surface area contributed by atoms with Gasteiger partial charge in [-0.15, -0.1) is 0 Å². The van der Waals surface area contributed by atoms with Crippen LogP contribution in [0.15, 0.2) is 54.6 Å². The fourth-order valence-corrected chi connectivity index (χ4v) is 4.14. The van der Waals surface area contributed by atoms with Crippen LogP contribution in [-0.2, 0) is 16.1 Å². The largest absolute Gasteiger partial charge is 0.456 e. The van der Waals surface area contributed by atoms with Crippen molar-refractivity contribution in [1.82, 2.24) is 4.90 Å². The predicted octanol–water partition coefficient (Wildman–Crippen LogP) is 3.66. The van der Waals surface area contributed by atoms with Crippen molar-refractivity contribution >= 4 is 5.97 Å². The Bertz CT molecular complexity index is 713. The van der Waals surface area contributed by atoms with Crippen molar-refractivity contribution in [2.45, 2.75) is 38.0 Å². The van der Waals surface area contributed by atoms with Crippen LogP contribution in [0.25, 0.3) is 0 Å². The maximum Gasteiger partial charge on any atom is 0.303 e. The summed E-state index contributed by atoms with van der Waals surface area (Å²) < 4.78 is 5.74. The van der Waals surface area contributed by atoms with Crippen molar-refractivity contribution in [1.29, 1.82) is 0 Å². The molecule has 1 aliphatic carbocycles. The maximum absolute atomic E-state index is 11.6. The minimum atomic E-state index is -0.199. The van der Waals surface area contributed by atoms with E-state index in [2.05, 4.69) is 47.4 Å². The highest BCUT2D eigenvalue weighted by Crippen LogP contribution is 2.47. The zero-order chi connectivity index (χ0) is 15.8. The number of fused-ring (bicyclic) bond motifs is 4. The second-order valence-electron chi connectivity index (χ2n) is 6.57. The molecular weight excluding hydrogens is 286 g/mol. The van der Waals surface area contributed by atoms with E-state index in [1.165, 1.54) is 23.6 Å². The molecule has 2 bridgehead atoms. The molecule has 118 valence electrons. The second-order valence-corrected chi connectivity index (χ2v) is 6.57.